The number of amides is 2. The van der Waals surface area contributed by atoms with Crippen molar-refractivity contribution in [3.63, 3.8) is 0 Å². The summed E-state index contributed by atoms with van der Waals surface area (Å²) in [6, 6.07) is 25.4. The van der Waals surface area contributed by atoms with E-state index in [0.717, 1.165) is 11.3 Å². The molecule has 0 aliphatic carbocycles. The number of nitrogens with one attached hydrogen (secondary N) is 1. The highest BCUT2D eigenvalue weighted by Crippen LogP contribution is 2.20. The summed E-state index contributed by atoms with van der Waals surface area (Å²) in [6.07, 6.45) is 0.611. The third-order valence-corrected chi connectivity index (χ3v) is 6.67. The van der Waals surface area contributed by atoms with Crippen molar-refractivity contribution in [2.45, 2.75) is 57.5 Å². The van der Waals surface area contributed by atoms with Gasteiger partial charge in [-0.3, -0.25) is 9.59 Å². The predicted octanol–water partition coefficient (Wildman–Crippen LogP) is 6.00. The van der Waals surface area contributed by atoms with Crippen LogP contribution in [-0.4, -0.2) is 34.0 Å². The van der Waals surface area contributed by atoms with Crippen LogP contribution in [0.3, 0.4) is 0 Å². The lowest BCUT2D eigenvalue weighted by molar-refractivity contribution is -0.141. The van der Waals surface area contributed by atoms with Gasteiger partial charge in [-0.1, -0.05) is 78.9 Å². The van der Waals surface area contributed by atoms with Gasteiger partial charge < -0.3 is 10.2 Å². The Balaban J connectivity index is 1.83. The van der Waals surface area contributed by atoms with E-state index in [1.54, 1.807) is 34.9 Å². The number of hydrogen-bond donors (Lipinski definition) is 1. The molecule has 0 radical (unpaired) electrons. The Kier molecular flexibility index (Phi) is 10.1. The number of carbonyl (C=O) groups is 2. The monoisotopic (exact) mass is 506 g/mol. The average molecular weight is 507 g/mol. The number of nitrogens with zero attached hydrogens (tertiary/aromatic N) is 1. The molecule has 6 heteroatoms. The van der Waals surface area contributed by atoms with Gasteiger partial charge in [0.05, 0.1) is 0 Å². The van der Waals surface area contributed by atoms with Gasteiger partial charge in [-0.25, -0.2) is 4.39 Å². The van der Waals surface area contributed by atoms with E-state index >= 15 is 0 Å². The van der Waals surface area contributed by atoms with E-state index in [-0.39, 0.29) is 30.6 Å². The molecule has 0 heterocycles. The van der Waals surface area contributed by atoms with E-state index in [1.165, 1.54) is 11.6 Å². The lowest BCUT2D eigenvalue weighted by Crippen LogP contribution is -2.54. The van der Waals surface area contributed by atoms with Crippen molar-refractivity contribution < 1.29 is 14.0 Å². The van der Waals surface area contributed by atoms with E-state index in [1.807, 2.05) is 69.3 Å². The number of benzene rings is 3. The molecule has 0 aliphatic rings. The van der Waals surface area contributed by atoms with E-state index in [0.29, 0.717) is 17.7 Å². The number of hydrogen-bond acceptors (Lipinski definition) is 3. The van der Waals surface area contributed by atoms with Crippen molar-refractivity contribution in [1.82, 2.24) is 10.2 Å². The van der Waals surface area contributed by atoms with Crippen molar-refractivity contribution in [2.75, 3.05) is 5.75 Å². The molecule has 4 nitrogen and oxygen atoms in total. The zero-order valence-electron chi connectivity index (χ0n) is 21.2. The SMILES string of the molecule is CC(C)(C)NC(=O)C(Cc1ccccc1)N(Cc1ccccc1F)C(=O)CCSCc1ccccc1. The topological polar surface area (TPSA) is 49.4 Å². The number of thioether (sulfide) groups is 1. The molecule has 3 rings (SSSR count). The molecule has 2 amide bonds. The summed E-state index contributed by atoms with van der Waals surface area (Å²) in [7, 11) is 0. The molecular weight excluding hydrogens is 471 g/mol. The van der Waals surface area contributed by atoms with Crippen LogP contribution in [0.2, 0.25) is 0 Å². The summed E-state index contributed by atoms with van der Waals surface area (Å²) in [5.41, 5.74) is 2.06. The fraction of sp³-hybridized carbons (Fsp3) is 0.333. The van der Waals surface area contributed by atoms with Crippen molar-refractivity contribution in [3.05, 3.63) is 107 Å². The van der Waals surface area contributed by atoms with E-state index < -0.39 is 11.6 Å². The summed E-state index contributed by atoms with van der Waals surface area (Å²) in [5, 5.41) is 3.03. The maximum absolute atomic E-state index is 14.6. The van der Waals surface area contributed by atoms with Crippen molar-refractivity contribution >= 4 is 23.6 Å². The molecule has 190 valence electrons. The molecule has 0 saturated carbocycles. The summed E-state index contributed by atoms with van der Waals surface area (Å²) in [5.74, 6) is 0.625. The molecule has 1 N–H and O–H groups in total. The Bertz CT molecular complexity index is 1120. The molecular formula is C30H35FN2O2S. The van der Waals surface area contributed by atoms with Gasteiger partial charge in [0, 0.05) is 42.0 Å². The third kappa shape index (κ3) is 8.83. The van der Waals surface area contributed by atoms with E-state index in [2.05, 4.69) is 17.4 Å². The molecule has 1 unspecified atom stereocenters. The molecule has 0 spiro atoms. The zero-order chi connectivity index (χ0) is 26.0. The predicted molar refractivity (Wildman–Crippen MR) is 146 cm³/mol. The molecule has 0 aliphatic heterocycles. The number of carbonyl (C=O) groups excluding carboxylic acids is 2. The summed E-state index contributed by atoms with van der Waals surface area (Å²) in [6.45, 7) is 5.76. The quantitative estimate of drug-likeness (QED) is 0.324. The van der Waals surface area contributed by atoms with Crippen LogP contribution in [0, 0.1) is 5.82 Å². The Morgan fingerprint density at radius 1 is 0.889 bits per heavy atom. The van der Waals surface area contributed by atoms with Crippen LogP contribution in [0.5, 0.6) is 0 Å². The Labute approximate surface area is 218 Å². The second kappa shape index (κ2) is 13.3. The molecule has 0 aromatic heterocycles. The molecule has 1 atom stereocenters. The first-order valence-electron chi connectivity index (χ1n) is 12.2. The Morgan fingerprint density at radius 3 is 2.08 bits per heavy atom. The van der Waals surface area contributed by atoms with Gasteiger partial charge >= 0.3 is 0 Å². The molecule has 36 heavy (non-hydrogen) atoms. The zero-order valence-corrected chi connectivity index (χ0v) is 22.1. The van der Waals surface area contributed by atoms with E-state index in [4.69, 9.17) is 0 Å². The summed E-state index contributed by atoms with van der Waals surface area (Å²) >= 11 is 1.67. The molecule has 0 fully saturated rings. The molecule has 3 aromatic carbocycles. The highest BCUT2D eigenvalue weighted by molar-refractivity contribution is 7.98. The van der Waals surface area contributed by atoms with Gasteiger partial charge in [-0.05, 0) is 38.0 Å². The van der Waals surface area contributed by atoms with Gasteiger partial charge in [0.25, 0.3) is 0 Å². The maximum Gasteiger partial charge on any atom is 0.243 e. The molecule has 0 saturated heterocycles. The lowest BCUT2D eigenvalue weighted by atomic mass is 10.0. The highest BCUT2D eigenvalue weighted by Gasteiger charge is 2.32. The van der Waals surface area contributed by atoms with Gasteiger partial charge in [0.2, 0.25) is 11.8 Å². The fourth-order valence-corrected chi connectivity index (χ4v) is 4.78. The minimum Gasteiger partial charge on any atom is -0.350 e. The van der Waals surface area contributed by atoms with Crippen LogP contribution in [-0.2, 0) is 28.3 Å². The van der Waals surface area contributed by atoms with E-state index in [9.17, 15) is 14.0 Å². The smallest absolute Gasteiger partial charge is 0.243 e. The van der Waals surface area contributed by atoms with Gasteiger partial charge in [0.1, 0.15) is 11.9 Å². The molecule has 3 aromatic rings. The van der Waals surface area contributed by atoms with Crippen molar-refractivity contribution in [3.8, 4) is 0 Å². The van der Waals surface area contributed by atoms with Gasteiger partial charge in [-0.15, -0.1) is 0 Å². The molecule has 0 bridgehead atoms. The lowest BCUT2D eigenvalue weighted by Gasteiger charge is -2.34. The first-order chi connectivity index (χ1) is 17.2. The van der Waals surface area contributed by atoms with Crippen molar-refractivity contribution in [1.29, 1.82) is 0 Å². The van der Waals surface area contributed by atoms with Crippen molar-refractivity contribution in [2.24, 2.45) is 0 Å². The Morgan fingerprint density at radius 2 is 1.47 bits per heavy atom. The number of rotatable bonds is 11. The van der Waals surface area contributed by atoms with Crippen LogP contribution >= 0.6 is 11.8 Å². The maximum atomic E-state index is 14.6. The van der Waals surface area contributed by atoms with Crippen LogP contribution in [0.4, 0.5) is 4.39 Å². The summed E-state index contributed by atoms with van der Waals surface area (Å²) in [4.78, 5) is 28.6. The second-order valence-electron chi connectivity index (χ2n) is 9.85. The standard InChI is InChI=1S/C30H35FN2O2S/c1-30(2,3)32-29(35)27(20-23-12-6-4-7-13-23)33(21-25-16-10-11-17-26(25)31)28(34)18-19-36-22-24-14-8-5-9-15-24/h4-17,27H,18-22H2,1-3H3,(H,32,35). The second-order valence-corrected chi connectivity index (χ2v) is 11.0. The fourth-order valence-electron chi connectivity index (χ4n) is 3.88. The third-order valence-electron chi connectivity index (χ3n) is 5.64. The van der Waals surface area contributed by atoms with Crippen LogP contribution < -0.4 is 5.32 Å². The first kappa shape index (κ1) is 27.5. The largest absolute Gasteiger partial charge is 0.350 e. The van der Waals surface area contributed by atoms with Crippen LogP contribution in [0.25, 0.3) is 0 Å². The Hall–Kier alpha value is -3.12. The highest BCUT2D eigenvalue weighted by atomic mass is 32.2. The van der Waals surface area contributed by atoms with Crippen LogP contribution in [0.1, 0.15) is 43.9 Å². The minimum absolute atomic E-state index is 0.0317. The first-order valence-corrected chi connectivity index (χ1v) is 13.4. The minimum atomic E-state index is -0.766. The average Bonchev–Trinajstić information content (AvgIpc) is 2.85. The normalized spacial score (nSPS) is 12.1. The summed E-state index contributed by atoms with van der Waals surface area (Å²) < 4.78 is 14.6. The van der Waals surface area contributed by atoms with Crippen LogP contribution in [0.15, 0.2) is 84.9 Å². The van der Waals surface area contributed by atoms with Gasteiger partial charge in [0.15, 0.2) is 0 Å². The number of halogens is 1. The van der Waals surface area contributed by atoms with Gasteiger partial charge in [-0.2, -0.15) is 11.8 Å².